The molecule has 1 unspecified atom stereocenters. The Hall–Kier alpha value is -0.450. The van der Waals surface area contributed by atoms with Gasteiger partial charge in [0.1, 0.15) is 5.82 Å². The molecule has 1 fully saturated rings. The van der Waals surface area contributed by atoms with Crippen molar-refractivity contribution in [2.75, 3.05) is 19.6 Å². The molecule has 1 aromatic rings. The van der Waals surface area contributed by atoms with Crippen LogP contribution in [0.3, 0.4) is 0 Å². The fraction of sp³-hybridized carbons (Fsp3) is 0.647. The molecule has 1 atom stereocenters. The van der Waals surface area contributed by atoms with Crippen molar-refractivity contribution in [2.45, 2.75) is 45.7 Å². The van der Waals surface area contributed by atoms with Gasteiger partial charge in [0.2, 0.25) is 0 Å². The summed E-state index contributed by atoms with van der Waals surface area (Å²) in [5, 5.41) is 3.58. The van der Waals surface area contributed by atoms with E-state index in [1.165, 1.54) is 24.8 Å². The summed E-state index contributed by atoms with van der Waals surface area (Å²) in [5.41, 5.74) is 1.18. The third kappa shape index (κ3) is 5.35. The maximum atomic E-state index is 13.3. The quantitative estimate of drug-likeness (QED) is 0.821. The summed E-state index contributed by atoms with van der Waals surface area (Å²) in [6.45, 7) is 8.66. The topological polar surface area (TPSA) is 15.3 Å². The molecule has 0 aromatic heterocycles. The lowest BCUT2D eigenvalue weighted by Crippen LogP contribution is -2.45. The van der Waals surface area contributed by atoms with E-state index in [4.69, 9.17) is 0 Å². The molecule has 0 saturated carbocycles. The molecule has 0 aliphatic carbocycles. The molecule has 1 N–H and O–H groups in total. The number of nitrogens with zero attached hydrogens (tertiary/aromatic N) is 1. The summed E-state index contributed by atoms with van der Waals surface area (Å²) in [6, 6.07) is 5.95. The third-order valence-electron chi connectivity index (χ3n) is 4.05. The summed E-state index contributed by atoms with van der Waals surface area (Å²) >= 11 is 3.28. The summed E-state index contributed by atoms with van der Waals surface area (Å²) in [6.07, 6.45) is 3.84. The minimum absolute atomic E-state index is 0.187. The lowest BCUT2D eigenvalue weighted by molar-refractivity contribution is 0.137. The van der Waals surface area contributed by atoms with Crippen LogP contribution in [0.4, 0.5) is 4.39 Å². The second kappa shape index (κ2) is 8.25. The van der Waals surface area contributed by atoms with Crippen molar-refractivity contribution in [3.05, 3.63) is 34.1 Å². The van der Waals surface area contributed by atoms with Crippen molar-refractivity contribution in [3.8, 4) is 0 Å². The Labute approximate surface area is 136 Å². The molecule has 21 heavy (non-hydrogen) atoms. The van der Waals surface area contributed by atoms with Crippen LogP contribution in [0.15, 0.2) is 22.7 Å². The number of halogens is 2. The van der Waals surface area contributed by atoms with Crippen LogP contribution in [-0.2, 0) is 6.54 Å². The van der Waals surface area contributed by atoms with E-state index in [9.17, 15) is 4.39 Å². The Morgan fingerprint density at radius 1 is 1.38 bits per heavy atom. The van der Waals surface area contributed by atoms with E-state index in [0.717, 1.165) is 26.2 Å². The standard InChI is InChI=1S/C17H26BrFN2/c1-13(2)10-20-11-15-5-3-4-8-21(15)12-14-6-7-17(19)16(18)9-14/h6-7,9,13,15,20H,3-5,8,10-12H2,1-2H3. The molecule has 0 spiro atoms. The van der Waals surface area contributed by atoms with Gasteiger partial charge < -0.3 is 5.32 Å². The Kier molecular flexibility index (Phi) is 6.65. The summed E-state index contributed by atoms with van der Waals surface area (Å²) in [4.78, 5) is 2.54. The van der Waals surface area contributed by atoms with Crippen molar-refractivity contribution in [3.63, 3.8) is 0 Å². The van der Waals surface area contributed by atoms with E-state index >= 15 is 0 Å². The maximum absolute atomic E-state index is 13.3. The van der Waals surface area contributed by atoms with Crippen LogP contribution in [-0.4, -0.2) is 30.6 Å². The molecule has 1 aliphatic heterocycles. The maximum Gasteiger partial charge on any atom is 0.137 e. The number of hydrogen-bond acceptors (Lipinski definition) is 2. The highest BCUT2D eigenvalue weighted by Gasteiger charge is 2.22. The van der Waals surface area contributed by atoms with E-state index < -0.39 is 0 Å². The van der Waals surface area contributed by atoms with Gasteiger partial charge in [-0.05, 0) is 65.5 Å². The number of hydrogen-bond donors (Lipinski definition) is 1. The molecular weight excluding hydrogens is 331 g/mol. The van der Waals surface area contributed by atoms with Crippen LogP contribution in [0.1, 0.15) is 38.7 Å². The van der Waals surface area contributed by atoms with Crippen molar-refractivity contribution >= 4 is 15.9 Å². The highest BCUT2D eigenvalue weighted by atomic mass is 79.9. The van der Waals surface area contributed by atoms with Crippen molar-refractivity contribution in [2.24, 2.45) is 5.92 Å². The van der Waals surface area contributed by atoms with Gasteiger partial charge in [-0.25, -0.2) is 4.39 Å². The molecule has 118 valence electrons. The fourth-order valence-electron chi connectivity index (χ4n) is 2.91. The van der Waals surface area contributed by atoms with Crippen LogP contribution >= 0.6 is 15.9 Å². The van der Waals surface area contributed by atoms with Crippen LogP contribution in [0.5, 0.6) is 0 Å². The van der Waals surface area contributed by atoms with Crippen molar-refractivity contribution in [1.29, 1.82) is 0 Å². The van der Waals surface area contributed by atoms with Crippen molar-refractivity contribution < 1.29 is 4.39 Å². The molecule has 1 heterocycles. The van der Waals surface area contributed by atoms with Crippen LogP contribution in [0.2, 0.25) is 0 Å². The smallest absolute Gasteiger partial charge is 0.137 e. The second-order valence-electron chi connectivity index (χ2n) is 6.42. The lowest BCUT2D eigenvalue weighted by Gasteiger charge is -2.36. The fourth-order valence-corrected chi connectivity index (χ4v) is 3.34. The van der Waals surface area contributed by atoms with Gasteiger partial charge in [0.05, 0.1) is 4.47 Å². The summed E-state index contributed by atoms with van der Waals surface area (Å²) in [5.74, 6) is 0.502. The highest BCUT2D eigenvalue weighted by Crippen LogP contribution is 2.22. The van der Waals surface area contributed by atoms with Gasteiger partial charge in [-0.3, -0.25) is 4.90 Å². The minimum atomic E-state index is -0.187. The Balaban J connectivity index is 1.93. The van der Waals surface area contributed by atoms with Crippen LogP contribution in [0, 0.1) is 11.7 Å². The zero-order valence-electron chi connectivity index (χ0n) is 13.0. The molecule has 2 rings (SSSR count). The Bertz CT molecular complexity index is 450. The first-order chi connectivity index (χ1) is 10.1. The zero-order valence-corrected chi connectivity index (χ0v) is 14.6. The molecule has 4 heteroatoms. The van der Waals surface area contributed by atoms with Gasteiger partial charge >= 0.3 is 0 Å². The predicted octanol–water partition coefficient (Wildman–Crippen LogP) is 4.19. The molecule has 1 saturated heterocycles. The summed E-state index contributed by atoms with van der Waals surface area (Å²) in [7, 11) is 0. The average molecular weight is 357 g/mol. The van der Waals surface area contributed by atoms with Gasteiger partial charge in [0, 0.05) is 19.1 Å². The predicted molar refractivity (Wildman–Crippen MR) is 89.9 cm³/mol. The number of piperidine rings is 1. The number of nitrogens with one attached hydrogen (secondary N) is 1. The molecule has 0 amide bonds. The summed E-state index contributed by atoms with van der Waals surface area (Å²) < 4.78 is 13.9. The molecule has 1 aromatic carbocycles. The van der Waals surface area contributed by atoms with E-state index in [-0.39, 0.29) is 5.82 Å². The van der Waals surface area contributed by atoms with E-state index in [2.05, 4.69) is 40.0 Å². The number of rotatable bonds is 6. The minimum Gasteiger partial charge on any atom is -0.315 e. The van der Waals surface area contributed by atoms with E-state index in [0.29, 0.717) is 16.4 Å². The van der Waals surface area contributed by atoms with Gasteiger partial charge in [0.15, 0.2) is 0 Å². The highest BCUT2D eigenvalue weighted by molar-refractivity contribution is 9.10. The number of likely N-dealkylation sites (tertiary alicyclic amines) is 1. The number of benzene rings is 1. The molecule has 0 radical (unpaired) electrons. The SMILES string of the molecule is CC(C)CNCC1CCCCN1Cc1ccc(F)c(Br)c1. The van der Waals surface area contributed by atoms with Gasteiger partial charge in [-0.15, -0.1) is 0 Å². The first kappa shape index (κ1) is 16.9. The molecular formula is C17H26BrFN2. The van der Waals surface area contributed by atoms with Gasteiger partial charge in [-0.2, -0.15) is 0 Å². The monoisotopic (exact) mass is 356 g/mol. The largest absolute Gasteiger partial charge is 0.315 e. The Morgan fingerprint density at radius 2 is 2.19 bits per heavy atom. The van der Waals surface area contributed by atoms with Gasteiger partial charge in [0.25, 0.3) is 0 Å². The molecule has 0 bridgehead atoms. The molecule has 1 aliphatic rings. The van der Waals surface area contributed by atoms with E-state index in [1.54, 1.807) is 6.07 Å². The van der Waals surface area contributed by atoms with E-state index in [1.807, 2.05) is 12.1 Å². The lowest BCUT2D eigenvalue weighted by atomic mass is 10.0. The third-order valence-corrected chi connectivity index (χ3v) is 4.66. The normalized spacial score (nSPS) is 20.1. The first-order valence-electron chi connectivity index (χ1n) is 7.95. The van der Waals surface area contributed by atoms with Crippen LogP contribution < -0.4 is 5.32 Å². The first-order valence-corrected chi connectivity index (χ1v) is 8.74. The van der Waals surface area contributed by atoms with Crippen LogP contribution in [0.25, 0.3) is 0 Å². The second-order valence-corrected chi connectivity index (χ2v) is 7.27. The van der Waals surface area contributed by atoms with Crippen molar-refractivity contribution in [1.82, 2.24) is 10.2 Å². The Morgan fingerprint density at radius 3 is 2.90 bits per heavy atom. The molecule has 2 nitrogen and oxygen atoms in total. The van der Waals surface area contributed by atoms with Gasteiger partial charge in [-0.1, -0.05) is 26.3 Å². The average Bonchev–Trinajstić information content (AvgIpc) is 2.44. The zero-order chi connectivity index (χ0) is 15.2.